The minimum absolute atomic E-state index is 0.0148. The number of aryl methyl sites for hydroxylation is 1. The molecular weight excluding hydrogens is 391 g/mol. The van der Waals surface area contributed by atoms with Gasteiger partial charge in [0.15, 0.2) is 0 Å². The van der Waals surface area contributed by atoms with Gasteiger partial charge in [-0.25, -0.2) is 0 Å². The normalized spacial score (nSPS) is 11.3. The third-order valence-corrected chi connectivity index (χ3v) is 3.90. The molecule has 0 spiro atoms. The van der Waals surface area contributed by atoms with Gasteiger partial charge in [-0.15, -0.1) is 0 Å². The number of carbonyl (C=O) groups is 2. The van der Waals surface area contributed by atoms with E-state index in [-0.39, 0.29) is 30.6 Å². The fourth-order valence-electron chi connectivity index (χ4n) is 2.51. The van der Waals surface area contributed by atoms with E-state index in [1.807, 2.05) is 0 Å². The van der Waals surface area contributed by atoms with E-state index in [1.165, 1.54) is 18.5 Å². The number of halogens is 3. The van der Waals surface area contributed by atoms with Crippen molar-refractivity contribution in [3.05, 3.63) is 71.5 Å². The summed E-state index contributed by atoms with van der Waals surface area (Å²) in [7, 11) is 0. The Kier molecular flexibility index (Phi) is 6.01. The third kappa shape index (κ3) is 5.71. The number of furan rings is 1. The third-order valence-electron chi connectivity index (χ3n) is 3.90. The van der Waals surface area contributed by atoms with Gasteiger partial charge in [-0.2, -0.15) is 13.2 Å². The van der Waals surface area contributed by atoms with E-state index in [2.05, 4.69) is 15.8 Å². The first-order chi connectivity index (χ1) is 13.8. The molecular formula is C19H16F3N3O4. The SMILES string of the molecule is O=C(CCc1ccno1)Nc1cc(C(=O)NCc2ccco2)cc(C(F)(F)F)c1. The summed E-state index contributed by atoms with van der Waals surface area (Å²) in [5, 5.41) is 8.36. The smallest absolute Gasteiger partial charge is 0.416 e. The molecule has 3 rings (SSSR count). The predicted molar refractivity (Wildman–Crippen MR) is 94.8 cm³/mol. The first kappa shape index (κ1) is 20.2. The Morgan fingerprint density at radius 2 is 1.93 bits per heavy atom. The summed E-state index contributed by atoms with van der Waals surface area (Å²) in [6.45, 7) is 0.0148. The van der Waals surface area contributed by atoms with Gasteiger partial charge in [0.25, 0.3) is 5.91 Å². The van der Waals surface area contributed by atoms with Gasteiger partial charge in [0, 0.05) is 30.2 Å². The quantitative estimate of drug-likeness (QED) is 0.621. The van der Waals surface area contributed by atoms with Crippen molar-refractivity contribution < 1.29 is 31.7 Å². The molecule has 2 N–H and O–H groups in total. The van der Waals surface area contributed by atoms with Crippen LogP contribution in [0.3, 0.4) is 0 Å². The first-order valence-corrected chi connectivity index (χ1v) is 8.53. The lowest BCUT2D eigenvalue weighted by Crippen LogP contribution is -2.23. The number of alkyl halides is 3. The molecule has 0 bridgehead atoms. The van der Waals surface area contributed by atoms with Gasteiger partial charge in [0.1, 0.15) is 11.5 Å². The van der Waals surface area contributed by atoms with Crippen LogP contribution in [-0.4, -0.2) is 17.0 Å². The van der Waals surface area contributed by atoms with Gasteiger partial charge >= 0.3 is 6.18 Å². The molecule has 2 amide bonds. The van der Waals surface area contributed by atoms with Crippen LogP contribution in [0.15, 0.2) is 57.8 Å². The Balaban J connectivity index is 1.72. The number of rotatable bonds is 7. The Labute approximate surface area is 162 Å². The molecule has 0 aliphatic carbocycles. The van der Waals surface area contributed by atoms with E-state index in [1.54, 1.807) is 18.2 Å². The lowest BCUT2D eigenvalue weighted by Gasteiger charge is -2.13. The van der Waals surface area contributed by atoms with Gasteiger partial charge in [-0.3, -0.25) is 9.59 Å². The fraction of sp³-hybridized carbons (Fsp3) is 0.211. The van der Waals surface area contributed by atoms with Gasteiger partial charge in [-0.05, 0) is 30.3 Å². The van der Waals surface area contributed by atoms with Crippen LogP contribution in [0.2, 0.25) is 0 Å². The number of hydrogen-bond donors (Lipinski definition) is 2. The van der Waals surface area contributed by atoms with E-state index in [9.17, 15) is 22.8 Å². The van der Waals surface area contributed by atoms with E-state index in [0.29, 0.717) is 11.5 Å². The zero-order chi connectivity index (χ0) is 20.9. The van der Waals surface area contributed by atoms with Crippen molar-refractivity contribution in [3.63, 3.8) is 0 Å². The summed E-state index contributed by atoms with van der Waals surface area (Å²) in [4.78, 5) is 24.3. The molecule has 2 aromatic heterocycles. The zero-order valence-corrected chi connectivity index (χ0v) is 15.0. The van der Waals surface area contributed by atoms with Crippen molar-refractivity contribution in [2.24, 2.45) is 0 Å². The van der Waals surface area contributed by atoms with E-state index in [4.69, 9.17) is 8.94 Å². The van der Waals surface area contributed by atoms with Gasteiger partial charge < -0.3 is 19.6 Å². The highest BCUT2D eigenvalue weighted by Gasteiger charge is 2.32. The number of aromatic nitrogens is 1. The number of hydrogen-bond acceptors (Lipinski definition) is 5. The molecule has 0 saturated heterocycles. The number of carbonyl (C=O) groups excluding carboxylic acids is 2. The standard InChI is InChI=1S/C19H16F3N3O4/c20-19(21,22)13-8-12(18(27)23-11-16-2-1-7-28-16)9-14(10-13)25-17(26)4-3-15-5-6-24-29-15/h1-2,5-10H,3-4,11H2,(H,23,27)(H,25,26). The maximum atomic E-state index is 13.2. The minimum atomic E-state index is -4.68. The van der Waals surface area contributed by atoms with Gasteiger partial charge in [0.05, 0.1) is 24.6 Å². The molecule has 0 saturated carbocycles. The number of nitrogens with one attached hydrogen (secondary N) is 2. The molecule has 0 aliphatic rings. The summed E-state index contributed by atoms with van der Waals surface area (Å²) in [6, 6.07) is 7.50. The summed E-state index contributed by atoms with van der Waals surface area (Å²) in [6.07, 6.45) is -1.63. The Morgan fingerprint density at radius 3 is 2.59 bits per heavy atom. The van der Waals surface area contributed by atoms with Crippen LogP contribution in [0.25, 0.3) is 0 Å². The number of anilines is 1. The summed E-state index contributed by atoms with van der Waals surface area (Å²) in [5.41, 5.74) is -1.42. The molecule has 1 aromatic carbocycles. The molecule has 0 atom stereocenters. The van der Waals surface area contributed by atoms with Crippen molar-refractivity contribution in [2.75, 3.05) is 5.32 Å². The number of amides is 2. The second-order valence-electron chi connectivity index (χ2n) is 6.09. The molecule has 0 radical (unpaired) electrons. The van der Waals surface area contributed by atoms with Crippen LogP contribution in [0, 0.1) is 0 Å². The highest BCUT2D eigenvalue weighted by atomic mass is 19.4. The monoisotopic (exact) mass is 407 g/mol. The van der Waals surface area contributed by atoms with Crippen molar-refractivity contribution in [2.45, 2.75) is 25.6 Å². The van der Waals surface area contributed by atoms with E-state index in [0.717, 1.165) is 12.1 Å². The predicted octanol–water partition coefficient (Wildman–Crippen LogP) is 3.79. The molecule has 2 heterocycles. The Bertz CT molecular complexity index is 967. The van der Waals surface area contributed by atoms with Crippen molar-refractivity contribution in [3.8, 4) is 0 Å². The maximum absolute atomic E-state index is 13.2. The van der Waals surface area contributed by atoms with Crippen molar-refractivity contribution >= 4 is 17.5 Å². The number of nitrogens with zero attached hydrogens (tertiary/aromatic N) is 1. The zero-order valence-electron chi connectivity index (χ0n) is 15.0. The second kappa shape index (κ2) is 8.63. The second-order valence-corrected chi connectivity index (χ2v) is 6.09. The average Bonchev–Trinajstić information content (AvgIpc) is 3.37. The Morgan fingerprint density at radius 1 is 1.10 bits per heavy atom. The van der Waals surface area contributed by atoms with E-state index >= 15 is 0 Å². The molecule has 0 aliphatic heterocycles. The first-order valence-electron chi connectivity index (χ1n) is 8.53. The molecule has 0 unspecified atom stereocenters. The van der Waals surface area contributed by atoms with Crippen LogP contribution in [0.1, 0.15) is 33.9 Å². The molecule has 152 valence electrons. The molecule has 3 aromatic rings. The van der Waals surface area contributed by atoms with E-state index < -0.39 is 23.6 Å². The topological polar surface area (TPSA) is 97.4 Å². The van der Waals surface area contributed by atoms with Crippen LogP contribution in [0.4, 0.5) is 18.9 Å². The summed E-state index contributed by atoms with van der Waals surface area (Å²) >= 11 is 0. The highest BCUT2D eigenvalue weighted by Crippen LogP contribution is 2.32. The number of benzene rings is 1. The van der Waals surface area contributed by atoms with Crippen LogP contribution in [0.5, 0.6) is 0 Å². The van der Waals surface area contributed by atoms with Crippen LogP contribution in [-0.2, 0) is 23.9 Å². The largest absolute Gasteiger partial charge is 0.467 e. The minimum Gasteiger partial charge on any atom is -0.467 e. The van der Waals surface area contributed by atoms with Crippen molar-refractivity contribution in [1.82, 2.24) is 10.5 Å². The van der Waals surface area contributed by atoms with Gasteiger partial charge in [-0.1, -0.05) is 5.16 Å². The Hall–Kier alpha value is -3.56. The summed E-state index contributed by atoms with van der Waals surface area (Å²) < 4.78 is 49.6. The van der Waals surface area contributed by atoms with Crippen LogP contribution >= 0.6 is 0 Å². The maximum Gasteiger partial charge on any atom is 0.416 e. The average molecular weight is 407 g/mol. The highest BCUT2D eigenvalue weighted by molar-refractivity contribution is 5.97. The summed E-state index contributed by atoms with van der Waals surface area (Å²) in [5.74, 6) is -0.333. The fourth-order valence-corrected chi connectivity index (χ4v) is 2.51. The lowest BCUT2D eigenvalue weighted by molar-refractivity contribution is -0.137. The molecule has 10 heteroatoms. The lowest BCUT2D eigenvalue weighted by atomic mass is 10.1. The van der Waals surface area contributed by atoms with Gasteiger partial charge in [0.2, 0.25) is 5.91 Å². The van der Waals surface area contributed by atoms with Crippen LogP contribution < -0.4 is 10.6 Å². The molecule has 29 heavy (non-hydrogen) atoms. The molecule has 0 fully saturated rings. The molecule has 7 nitrogen and oxygen atoms in total. The van der Waals surface area contributed by atoms with Crippen molar-refractivity contribution in [1.29, 1.82) is 0 Å².